The van der Waals surface area contributed by atoms with E-state index in [-0.39, 0.29) is 5.75 Å². The highest BCUT2D eigenvalue weighted by Gasteiger charge is 2.00. The molecule has 0 spiro atoms. The van der Waals surface area contributed by atoms with Crippen molar-refractivity contribution in [1.29, 1.82) is 0 Å². The van der Waals surface area contributed by atoms with Gasteiger partial charge in [0.2, 0.25) is 0 Å². The SMILES string of the molecule is Oc1cc2cc[nH]c2cc1Cl. The van der Waals surface area contributed by atoms with Gasteiger partial charge < -0.3 is 10.1 Å². The van der Waals surface area contributed by atoms with Crippen LogP contribution in [0.5, 0.6) is 5.75 Å². The fourth-order valence-electron chi connectivity index (χ4n) is 1.06. The topological polar surface area (TPSA) is 36.0 Å². The lowest BCUT2D eigenvalue weighted by Gasteiger charge is -1.95. The predicted molar refractivity (Wildman–Crippen MR) is 45.0 cm³/mol. The lowest BCUT2D eigenvalue weighted by molar-refractivity contribution is 0.476. The predicted octanol–water partition coefficient (Wildman–Crippen LogP) is 2.53. The number of halogens is 1. The maximum atomic E-state index is 9.19. The third kappa shape index (κ3) is 0.955. The number of phenols is 1. The zero-order valence-corrected chi connectivity index (χ0v) is 6.39. The van der Waals surface area contributed by atoms with Gasteiger partial charge in [0.25, 0.3) is 0 Å². The molecule has 0 radical (unpaired) electrons. The molecular weight excluding hydrogens is 162 g/mol. The molecule has 2 nitrogen and oxygen atoms in total. The third-order valence-electron chi connectivity index (χ3n) is 1.62. The highest BCUT2D eigenvalue weighted by molar-refractivity contribution is 6.32. The van der Waals surface area contributed by atoms with Gasteiger partial charge in [-0.25, -0.2) is 0 Å². The number of hydrogen-bond acceptors (Lipinski definition) is 1. The van der Waals surface area contributed by atoms with E-state index in [4.69, 9.17) is 11.6 Å². The Balaban J connectivity index is 2.86. The molecule has 1 aromatic heterocycles. The molecule has 2 aromatic rings. The fourth-order valence-corrected chi connectivity index (χ4v) is 1.23. The van der Waals surface area contributed by atoms with Crippen LogP contribution in [-0.4, -0.2) is 10.1 Å². The van der Waals surface area contributed by atoms with Gasteiger partial charge in [-0.1, -0.05) is 11.6 Å². The maximum Gasteiger partial charge on any atom is 0.134 e. The van der Waals surface area contributed by atoms with Gasteiger partial charge in [0, 0.05) is 17.1 Å². The molecule has 3 heteroatoms. The van der Waals surface area contributed by atoms with Crippen LogP contribution in [0, 0.1) is 0 Å². The van der Waals surface area contributed by atoms with E-state index in [1.165, 1.54) is 0 Å². The number of H-pyrrole nitrogens is 1. The van der Waals surface area contributed by atoms with Gasteiger partial charge in [0.1, 0.15) is 5.75 Å². The molecule has 56 valence electrons. The van der Waals surface area contributed by atoms with Crippen molar-refractivity contribution in [3.8, 4) is 5.75 Å². The summed E-state index contributed by atoms with van der Waals surface area (Å²) in [5.74, 6) is 0.124. The van der Waals surface area contributed by atoms with Gasteiger partial charge in [-0.15, -0.1) is 0 Å². The molecule has 0 aliphatic carbocycles. The second-order valence-electron chi connectivity index (χ2n) is 2.37. The lowest BCUT2D eigenvalue weighted by Crippen LogP contribution is -1.69. The Kier molecular flexibility index (Phi) is 1.29. The number of rotatable bonds is 0. The van der Waals surface area contributed by atoms with Crippen molar-refractivity contribution in [1.82, 2.24) is 4.98 Å². The monoisotopic (exact) mass is 167 g/mol. The standard InChI is InChI=1S/C8H6ClNO/c9-6-4-7-5(1-2-10-7)3-8(6)11/h1-4,10-11H. The molecule has 0 fully saturated rings. The van der Waals surface area contributed by atoms with Crippen molar-refractivity contribution in [3.63, 3.8) is 0 Å². The number of aromatic hydroxyl groups is 1. The van der Waals surface area contributed by atoms with Crippen LogP contribution in [0.25, 0.3) is 10.9 Å². The molecule has 1 heterocycles. The molecule has 0 aliphatic rings. The third-order valence-corrected chi connectivity index (χ3v) is 1.92. The molecule has 0 aliphatic heterocycles. The number of aromatic nitrogens is 1. The van der Waals surface area contributed by atoms with Crippen LogP contribution >= 0.6 is 11.6 Å². The number of nitrogens with one attached hydrogen (secondary N) is 1. The Morgan fingerprint density at radius 1 is 1.36 bits per heavy atom. The van der Waals surface area contributed by atoms with E-state index in [2.05, 4.69) is 4.98 Å². The molecule has 0 amide bonds. The van der Waals surface area contributed by atoms with Crippen LogP contribution in [0.4, 0.5) is 0 Å². The first-order valence-electron chi connectivity index (χ1n) is 3.23. The number of benzene rings is 1. The van der Waals surface area contributed by atoms with Crippen LogP contribution in [0.2, 0.25) is 5.02 Å². The van der Waals surface area contributed by atoms with Gasteiger partial charge in [-0.3, -0.25) is 0 Å². The molecule has 0 saturated heterocycles. The average molecular weight is 168 g/mol. The first-order valence-corrected chi connectivity index (χ1v) is 3.61. The van der Waals surface area contributed by atoms with Crippen LogP contribution < -0.4 is 0 Å². The second-order valence-corrected chi connectivity index (χ2v) is 2.78. The summed E-state index contributed by atoms with van der Waals surface area (Å²) in [7, 11) is 0. The Labute approximate surface area is 68.4 Å². The van der Waals surface area contributed by atoms with Gasteiger partial charge in [0.05, 0.1) is 5.02 Å². The minimum absolute atomic E-state index is 0.124. The smallest absolute Gasteiger partial charge is 0.134 e. The first-order chi connectivity index (χ1) is 5.27. The Morgan fingerprint density at radius 3 is 3.00 bits per heavy atom. The highest BCUT2D eigenvalue weighted by atomic mass is 35.5. The normalized spacial score (nSPS) is 10.6. The van der Waals surface area contributed by atoms with E-state index in [1.807, 2.05) is 6.07 Å². The summed E-state index contributed by atoms with van der Waals surface area (Å²) >= 11 is 5.67. The average Bonchev–Trinajstić information content (AvgIpc) is 2.36. The van der Waals surface area contributed by atoms with Crippen LogP contribution in [0.3, 0.4) is 0 Å². The summed E-state index contributed by atoms with van der Waals surface area (Å²) in [5.41, 5.74) is 0.938. The van der Waals surface area contributed by atoms with Crippen LogP contribution in [0.1, 0.15) is 0 Å². The number of hydrogen-bond donors (Lipinski definition) is 2. The molecule has 11 heavy (non-hydrogen) atoms. The van der Waals surface area contributed by atoms with Gasteiger partial charge in [-0.05, 0) is 18.2 Å². The molecule has 2 rings (SSSR count). The molecule has 0 unspecified atom stereocenters. The minimum Gasteiger partial charge on any atom is -0.506 e. The molecule has 1 aromatic carbocycles. The van der Waals surface area contributed by atoms with E-state index in [0.717, 1.165) is 10.9 Å². The van der Waals surface area contributed by atoms with Gasteiger partial charge in [0.15, 0.2) is 0 Å². The van der Waals surface area contributed by atoms with Crippen molar-refractivity contribution in [2.24, 2.45) is 0 Å². The fraction of sp³-hybridized carbons (Fsp3) is 0. The minimum atomic E-state index is 0.124. The number of phenolic OH excluding ortho intramolecular Hbond substituents is 1. The van der Waals surface area contributed by atoms with Crippen molar-refractivity contribution in [2.45, 2.75) is 0 Å². The van der Waals surface area contributed by atoms with Crippen LogP contribution in [-0.2, 0) is 0 Å². The zero-order valence-electron chi connectivity index (χ0n) is 5.63. The zero-order chi connectivity index (χ0) is 7.84. The highest BCUT2D eigenvalue weighted by Crippen LogP contribution is 2.27. The van der Waals surface area contributed by atoms with E-state index in [1.54, 1.807) is 18.3 Å². The lowest BCUT2D eigenvalue weighted by atomic mass is 10.2. The first kappa shape index (κ1) is 6.55. The Hall–Kier alpha value is -1.15. The quantitative estimate of drug-likeness (QED) is 0.622. The van der Waals surface area contributed by atoms with E-state index >= 15 is 0 Å². The van der Waals surface area contributed by atoms with Crippen molar-refractivity contribution >= 4 is 22.5 Å². The van der Waals surface area contributed by atoms with Gasteiger partial charge in [-0.2, -0.15) is 0 Å². The Bertz CT molecular complexity index is 358. The summed E-state index contributed by atoms with van der Waals surface area (Å²) < 4.78 is 0. The van der Waals surface area contributed by atoms with E-state index in [9.17, 15) is 5.11 Å². The van der Waals surface area contributed by atoms with E-state index < -0.39 is 0 Å². The summed E-state index contributed by atoms with van der Waals surface area (Å²) in [4.78, 5) is 2.99. The summed E-state index contributed by atoms with van der Waals surface area (Å²) in [6, 6.07) is 5.21. The number of fused-ring (bicyclic) bond motifs is 1. The molecule has 0 bridgehead atoms. The summed E-state index contributed by atoms with van der Waals surface area (Å²) in [6.45, 7) is 0. The van der Waals surface area contributed by atoms with Crippen molar-refractivity contribution in [2.75, 3.05) is 0 Å². The summed E-state index contributed by atoms with van der Waals surface area (Å²) in [6.07, 6.45) is 1.81. The van der Waals surface area contributed by atoms with E-state index in [0.29, 0.717) is 5.02 Å². The second kappa shape index (κ2) is 2.17. The molecule has 0 saturated carbocycles. The maximum absolute atomic E-state index is 9.19. The Morgan fingerprint density at radius 2 is 2.18 bits per heavy atom. The number of aromatic amines is 1. The molecule has 0 atom stereocenters. The molecular formula is C8H6ClNO. The van der Waals surface area contributed by atoms with Crippen LogP contribution in [0.15, 0.2) is 24.4 Å². The van der Waals surface area contributed by atoms with Crippen molar-refractivity contribution < 1.29 is 5.11 Å². The van der Waals surface area contributed by atoms with Crippen molar-refractivity contribution in [3.05, 3.63) is 29.4 Å². The summed E-state index contributed by atoms with van der Waals surface area (Å²) in [5, 5.41) is 10.5. The van der Waals surface area contributed by atoms with Gasteiger partial charge >= 0.3 is 0 Å². The largest absolute Gasteiger partial charge is 0.506 e. The molecule has 2 N–H and O–H groups in total.